The Morgan fingerprint density at radius 1 is 1.21 bits per heavy atom. The molecule has 0 aliphatic heterocycles. The minimum Gasteiger partial charge on any atom is -0.303 e. The summed E-state index contributed by atoms with van der Waals surface area (Å²) in [5.41, 5.74) is 0. The maximum absolute atomic E-state index is 5.25. The number of terminal acetylenes is 1. The summed E-state index contributed by atoms with van der Waals surface area (Å²) in [6.07, 6.45) is 15.8. The summed E-state index contributed by atoms with van der Waals surface area (Å²) in [6, 6.07) is 0.829. The molecule has 1 fully saturated rings. The predicted octanol–water partition coefficient (Wildman–Crippen LogP) is 3.05. The van der Waals surface area contributed by atoms with Gasteiger partial charge in [-0.05, 0) is 32.9 Å². The van der Waals surface area contributed by atoms with E-state index in [2.05, 4.69) is 17.9 Å². The molecule has 1 rings (SSSR count). The van der Waals surface area contributed by atoms with Crippen molar-refractivity contribution in [1.29, 1.82) is 0 Å². The predicted molar refractivity (Wildman–Crippen MR) is 62.2 cm³/mol. The highest BCUT2D eigenvalue weighted by Crippen LogP contribution is 2.21. The van der Waals surface area contributed by atoms with Crippen LogP contribution in [0.15, 0.2) is 0 Å². The van der Waals surface area contributed by atoms with Crippen LogP contribution in [0.4, 0.5) is 0 Å². The van der Waals surface area contributed by atoms with Crippen molar-refractivity contribution in [2.75, 3.05) is 13.6 Å². The summed E-state index contributed by atoms with van der Waals surface area (Å²) in [6.45, 7) is 1.18. The maximum Gasteiger partial charge on any atom is 0.00982 e. The molecule has 0 saturated heterocycles. The number of unbranched alkanes of at least 4 members (excludes halogenated alkanes) is 1. The van der Waals surface area contributed by atoms with Crippen LogP contribution in [-0.4, -0.2) is 24.5 Å². The second-order valence-electron chi connectivity index (χ2n) is 4.43. The fourth-order valence-electron chi connectivity index (χ4n) is 2.31. The molecule has 0 bridgehead atoms. The highest BCUT2D eigenvalue weighted by Gasteiger charge is 2.15. The number of hydrogen-bond acceptors (Lipinski definition) is 1. The molecule has 0 aromatic rings. The van der Waals surface area contributed by atoms with Crippen LogP contribution in [0.25, 0.3) is 0 Å². The molecule has 80 valence electrons. The average Bonchev–Trinajstić information content (AvgIpc) is 2.46. The first-order chi connectivity index (χ1) is 6.84. The molecule has 0 N–H and O–H groups in total. The van der Waals surface area contributed by atoms with Crippen molar-refractivity contribution >= 4 is 0 Å². The Hall–Kier alpha value is -0.480. The van der Waals surface area contributed by atoms with Crippen LogP contribution in [0, 0.1) is 12.3 Å². The third kappa shape index (κ3) is 4.15. The Morgan fingerprint density at radius 3 is 2.43 bits per heavy atom. The fraction of sp³-hybridized carbons (Fsp3) is 0.846. The number of nitrogens with zero attached hydrogens (tertiary/aromatic N) is 1. The lowest BCUT2D eigenvalue weighted by Crippen LogP contribution is -2.32. The van der Waals surface area contributed by atoms with Gasteiger partial charge in [0.15, 0.2) is 0 Å². The van der Waals surface area contributed by atoms with Gasteiger partial charge in [-0.3, -0.25) is 0 Å². The van der Waals surface area contributed by atoms with Gasteiger partial charge in [0.1, 0.15) is 0 Å². The molecule has 1 saturated carbocycles. The molecule has 0 amide bonds. The average molecular weight is 193 g/mol. The standard InChI is InChI=1S/C13H23N/c1-3-4-9-12-14(2)13-10-7-5-6-8-11-13/h1,13H,4-12H2,2H3. The Kier molecular flexibility index (Phi) is 5.71. The van der Waals surface area contributed by atoms with Crippen molar-refractivity contribution in [2.24, 2.45) is 0 Å². The van der Waals surface area contributed by atoms with Gasteiger partial charge in [-0.1, -0.05) is 25.7 Å². The van der Waals surface area contributed by atoms with Gasteiger partial charge < -0.3 is 4.90 Å². The van der Waals surface area contributed by atoms with Gasteiger partial charge in [-0.15, -0.1) is 12.3 Å². The largest absolute Gasteiger partial charge is 0.303 e. The van der Waals surface area contributed by atoms with Crippen LogP contribution in [0.2, 0.25) is 0 Å². The molecule has 0 spiro atoms. The zero-order valence-electron chi connectivity index (χ0n) is 9.47. The maximum atomic E-state index is 5.25. The first-order valence-corrected chi connectivity index (χ1v) is 5.98. The molecule has 1 nitrogen and oxygen atoms in total. The van der Waals surface area contributed by atoms with Crippen molar-refractivity contribution in [1.82, 2.24) is 4.90 Å². The summed E-state index contributed by atoms with van der Waals surface area (Å²) in [5.74, 6) is 2.71. The summed E-state index contributed by atoms with van der Waals surface area (Å²) in [7, 11) is 2.26. The number of rotatable bonds is 4. The van der Waals surface area contributed by atoms with E-state index in [0.29, 0.717) is 0 Å². The van der Waals surface area contributed by atoms with Crippen LogP contribution in [0.5, 0.6) is 0 Å². The van der Waals surface area contributed by atoms with Gasteiger partial charge in [-0.25, -0.2) is 0 Å². The zero-order valence-corrected chi connectivity index (χ0v) is 9.47. The molecule has 0 aromatic carbocycles. The lowest BCUT2D eigenvalue weighted by Gasteiger charge is -2.26. The SMILES string of the molecule is C#CCCCN(C)C1CCCCCC1. The number of hydrogen-bond donors (Lipinski definition) is 0. The van der Waals surface area contributed by atoms with Crippen molar-refractivity contribution in [3.8, 4) is 12.3 Å². The normalized spacial score (nSPS) is 19.2. The third-order valence-electron chi connectivity index (χ3n) is 3.28. The highest BCUT2D eigenvalue weighted by molar-refractivity contribution is 4.83. The van der Waals surface area contributed by atoms with E-state index in [1.807, 2.05) is 0 Å². The first kappa shape index (κ1) is 11.6. The van der Waals surface area contributed by atoms with Crippen LogP contribution >= 0.6 is 0 Å². The molecular weight excluding hydrogens is 170 g/mol. The Labute approximate surface area is 88.9 Å². The van der Waals surface area contributed by atoms with Gasteiger partial charge in [-0.2, -0.15) is 0 Å². The molecule has 0 unspecified atom stereocenters. The van der Waals surface area contributed by atoms with Gasteiger partial charge in [0.25, 0.3) is 0 Å². The quantitative estimate of drug-likeness (QED) is 0.377. The van der Waals surface area contributed by atoms with E-state index in [-0.39, 0.29) is 0 Å². The summed E-state index contributed by atoms with van der Waals surface area (Å²) < 4.78 is 0. The van der Waals surface area contributed by atoms with Gasteiger partial charge in [0.2, 0.25) is 0 Å². The second-order valence-corrected chi connectivity index (χ2v) is 4.43. The first-order valence-electron chi connectivity index (χ1n) is 5.98. The van der Waals surface area contributed by atoms with E-state index in [1.165, 1.54) is 45.1 Å². The van der Waals surface area contributed by atoms with E-state index in [0.717, 1.165) is 18.9 Å². The van der Waals surface area contributed by atoms with Crippen LogP contribution in [-0.2, 0) is 0 Å². The Bertz CT molecular complexity index is 172. The van der Waals surface area contributed by atoms with Crippen molar-refractivity contribution < 1.29 is 0 Å². The topological polar surface area (TPSA) is 3.24 Å². The zero-order chi connectivity index (χ0) is 10.2. The van der Waals surface area contributed by atoms with E-state index >= 15 is 0 Å². The van der Waals surface area contributed by atoms with E-state index < -0.39 is 0 Å². The molecule has 1 heteroatoms. The molecule has 0 radical (unpaired) electrons. The van der Waals surface area contributed by atoms with E-state index in [1.54, 1.807) is 0 Å². The summed E-state index contributed by atoms with van der Waals surface area (Å²) >= 11 is 0. The van der Waals surface area contributed by atoms with Crippen molar-refractivity contribution in [2.45, 2.75) is 57.4 Å². The Balaban J connectivity index is 2.20. The smallest absolute Gasteiger partial charge is 0.00982 e. The lowest BCUT2D eigenvalue weighted by molar-refractivity contribution is 0.219. The van der Waals surface area contributed by atoms with E-state index in [9.17, 15) is 0 Å². The molecule has 1 aliphatic rings. The lowest BCUT2D eigenvalue weighted by atomic mass is 10.1. The molecule has 0 aromatic heterocycles. The van der Waals surface area contributed by atoms with Crippen molar-refractivity contribution in [3.63, 3.8) is 0 Å². The molecular formula is C13H23N. The van der Waals surface area contributed by atoms with Gasteiger partial charge in [0.05, 0.1) is 0 Å². The minimum absolute atomic E-state index is 0.829. The third-order valence-corrected chi connectivity index (χ3v) is 3.28. The molecule has 0 atom stereocenters. The van der Waals surface area contributed by atoms with Gasteiger partial charge >= 0.3 is 0 Å². The van der Waals surface area contributed by atoms with Crippen LogP contribution in [0.3, 0.4) is 0 Å². The van der Waals surface area contributed by atoms with Crippen molar-refractivity contribution in [3.05, 3.63) is 0 Å². The fourth-order valence-corrected chi connectivity index (χ4v) is 2.31. The van der Waals surface area contributed by atoms with Crippen LogP contribution in [0.1, 0.15) is 51.4 Å². The highest BCUT2D eigenvalue weighted by atomic mass is 15.1. The molecule has 0 heterocycles. The Morgan fingerprint density at radius 2 is 1.86 bits per heavy atom. The summed E-state index contributed by atoms with van der Waals surface area (Å²) in [4.78, 5) is 2.52. The monoisotopic (exact) mass is 193 g/mol. The van der Waals surface area contributed by atoms with E-state index in [4.69, 9.17) is 6.42 Å². The minimum atomic E-state index is 0.829. The summed E-state index contributed by atoms with van der Waals surface area (Å²) in [5, 5.41) is 0. The molecule has 1 aliphatic carbocycles. The molecule has 14 heavy (non-hydrogen) atoms. The van der Waals surface area contributed by atoms with Crippen LogP contribution < -0.4 is 0 Å². The second kappa shape index (κ2) is 6.90. The van der Waals surface area contributed by atoms with Gasteiger partial charge in [0, 0.05) is 12.5 Å².